The van der Waals surface area contributed by atoms with Crippen molar-refractivity contribution in [3.8, 4) is 0 Å². The summed E-state index contributed by atoms with van der Waals surface area (Å²) in [5.41, 5.74) is 0.686. The molecule has 6 heteroatoms. The van der Waals surface area contributed by atoms with Gasteiger partial charge in [-0.1, -0.05) is 20.8 Å². The molecule has 5 nitrogen and oxygen atoms in total. The van der Waals surface area contributed by atoms with Crippen molar-refractivity contribution in [2.24, 2.45) is 5.92 Å². The summed E-state index contributed by atoms with van der Waals surface area (Å²) >= 11 is 0. The minimum atomic E-state index is -1.45. The predicted octanol–water partition coefficient (Wildman–Crippen LogP) is 2.21. The van der Waals surface area contributed by atoms with Crippen LogP contribution >= 0.6 is 0 Å². The fourth-order valence-electron chi connectivity index (χ4n) is 1.82. The summed E-state index contributed by atoms with van der Waals surface area (Å²) in [6.45, 7) is 7.67. The maximum absolute atomic E-state index is 12.1. The van der Waals surface area contributed by atoms with Gasteiger partial charge in [0.1, 0.15) is 5.25 Å². The van der Waals surface area contributed by atoms with E-state index in [0.717, 1.165) is 6.42 Å². The Bertz CT molecular complexity index is 456. The van der Waals surface area contributed by atoms with Gasteiger partial charge >= 0.3 is 5.97 Å². The van der Waals surface area contributed by atoms with Gasteiger partial charge in [0.2, 0.25) is 0 Å². The van der Waals surface area contributed by atoms with Gasteiger partial charge in [-0.05, 0) is 25.3 Å². The fourth-order valence-corrected chi connectivity index (χ4v) is 3.28. The topological polar surface area (TPSA) is 72.2 Å². The summed E-state index contributed by atoms with van der Waals surface area (Å²) in [5, 5.41) is 12.6. The third-order valence-corrected chi connectivity index (χ3v) is 5.02. The number of aromatic nitrogens is 2. The highest BCUT2D eigenvalue weighted by atomic mass is 32.2. The number of carbonyl (C=O) groups is 1. The summed E-state index contributed by atoms with van der Waals surface area (Å²) in [5.74, 6) is -0.969. The number of carboxylic acids is 1. The highest BCUT2D eigenvalue weighted by Crippen LogP contribution is 2.15. The number of rotatable bonds is 7. The lowest BCUT2D eigenvalue weighted by Crippen LogP contribution is -2.31. The monoisotopic (exact) mass is 286 g/mol. The Morgan fingerprint density at radius 2 is 2.11 bits per heavy atom. The van der Waals surface area contributed by atoms with Gasteiger partial charge in [0.05, 0.1) is 11.4 Å². The van der Waals surface area contributed by atoms with Gasteiger partial charge in [-0.25, -0.2) is 0 Å². The first-order valence-corrected chi connectivity index (χ1v) is 7.89. The smallest absolute Gasteiger partial charge is 0.319 e. The Hall–Kier alpha value is -1.17. The van der Waals surface area contributed by atoms with Crippen molar-refractivity contribution in [2.45, 2.75) is 51.2 Å². The maximum atomic E-state index is 12.1. The first kappa shape index (κ1) is 15.9. The third-order valence-electron chi connectivity index (χ3n) is 3.13. The van der Waals surface area contributed by atoms with Crippen LogP contribution in [0.25, 0.3) is 0 Å². The van der Waals surface area contributed by atoms with E-state index in [1.54, 1.807) is 13.8 Å². The molecule has 3 unspecified atom stereocenters. The molecule has 0 aliphatic carbocycles. The first-order valence-electron chi connectivity index (χ1n) is 6.50. The van der Waals surface area contributed by atoms with Crippen LogP contribution in [0.15, 0.2) is 12.3 Å². The zero-order valence-corrected chi connectivity index (χ0v) is 12.7. The first-order chi connectivity index (χ1) is 8.86. The van der Waals surface area contributed by atoms with E-state index in [9.17, 15) is 9.00 Å². The van der Waals surface area contributed by atoms with Gasteiger partial charge in [-0.3, -0.25) is 13.7 Å². The molecule has 0 spiro atoms. The Kier molecular flexibility index (Phi) is 5.72. The molecule has 1 heterocycles. The standard InChI is InChI=1S/C13H22N2O3S/c1-5-10(4)15-7-6-11(14-15)8-19(18)12(9(2)3)13(16)17/h6-7,9-10,12H,5,8H2,1-4H3,(H,16,17). The van der Waals surface area contributed by atoms with E-state index in [-0.39, 0.29) is 11.7 Å². The lowest BCUT2D eigenvalue weighted by atomic mass is 10.1. The Balaban J connectivity index is 2.76. The molecule has 0 radical (unpaired) electrons. The number of aliphatic carboxylic acids is 1. The van der Waals surface area contributed by atoms with Crippen molar-refractivity contribution in [2.75, 3.05) is 0 Å². The van der Waals surface area contributed by atoms with Gasteiger partial charge in [0.25, 0.3) is 0 Å². The van der Waals surface area contributed by atoms with Crippen LogP contribution in [-0.4, -0.2) is 30.3 Å². The van der Waals surface area contributed by atoms with E-state index in [2.05, 4.69) is 18.9 Å². The molecule has 0 aromatic carbocycles. The average Bonchev–Trinajstić information content (AvgIpc) is 2.75. The Labute approximate surface area is 116 Å². The second-order valence-corrected chi connectivity index (χ2v) is 6.63. The van der Waals surface area contributed by atoms with E-state index in [0.29, 0.717) is 11.7 Å². The third kappa shape index (κ3) is 4.16. The zero-order valence-electron chi connectivity index (χ0n) is 11.9. The van der Waals surface area contributed by atoms with Gasteiger partial charge in [-0.2, -0.15) is 5.10 Å². The van der Waals surface area contributed by atoms with Gasteiger partial charge < -0.3 is 5.11 Å². The number of carboxylic acid groups (broad SMARTS) is 1. The summed E-state index contributed by atoms with van der Waals surface area (Å²) in [4.78, 5) is 11.1. The molecule has 1 aromatic heterocycles. The highest BCUT2D eigenvalue weighted by Gasteiger charge is 2.28. The average molecular weight is 286 g/mol. The highest BCUT2D eigenvalue weighted by molar-refractivity contribution is 7.85. The summed E-state index contributed by atoms with van der Waals surface area (Å²) in [6.07, 6.45) is 2.82. The van der Waals surface area contributed by atoms with Crippen molar-refractivity contribution < 1.29 is 14.1 Å². The lowest BCUT2D eigenvalue weighted by molar-refractivity contribution is -0.137. The molecule has 1 aromatic rings. The van der Waals surface area contributed by atoms with Gasteiger partial charge in [-0.15, -0.1) is 0 Å². The minimum Gasteiger partial charge on any atom is -0.480 e. The van der Waals surface area contributed by atoms with Crippen molar-refractivity contribution in [1.82, 2.24) is 9.78 Å². The minimum absolute atomic E-state index is 0.157. The van der Waals surface area contributed by atoms with E-state index in [1.807, 2.05) is 16.9 Å². The maximum Gasteiger partial charge on any atom is 0.319 e. The van der Waals surface area contributed by atoms with Gasteiger partial charge in [0.15, 0.2) is 0 Å². The van der Waals surface area contributed by atoms with Crippen LogP contribution in [0, 0.1) is 5.92 Å². The number of hydrogen-bond donors (Lipinski definition) is 1. The SMILES string of the molecule is CCC(C)n1ccc(CS(=O)C(C(=O)O)C(C)C)n1. The largest absolute Gasteiger partial charge is 0.480 e. The molecule has 0 saturated heterocycles. The molecule has 108 valence electrons. The lowest BCUT2D eigenvalue weighted by Gasteiger charge is -2.15. The van der Waals surface area contributed by atoms with E-state index >= 15 is 0 Å². The zero-order chi connectivity index (χ0) is 14.6. The molecule has 1 rings (SSSR count). The molecule has 1 N–H and O–H groups in total. The number of nitrogens with zero attached hydrogens (tertiary/aromatic N) is 2. The summed E-state index contributed by atoms with van der Waals surface area (Å²) < 4.78 is 14.0. The Morgan fingerprint density at radius 1 is 1.47 bits per heavy atom. The molecule has 3 atom stereocenters. The van der Waals surface area contributed by atoms with E-state index in [4.69, 9.17) is 5.11 Å². The molecule has 0 aliphatic heterocycles. The molecule has 0 amide bonds. The Morgan fingerprint density at radius 3 is 2.58 bits per heavy atom. The van der Waals surface area contributed by atoms with Crippen LogP contribution in [0.5, 0.6) is 0 Å². The predicted molar refractivity (Wildman–Crippen MR) is 75.3 cm³/mol. The van der Waals surface area contributed by atoms with Crippen LogP contribution in [0.2, 0.25) is 0 Å². The quantitative estimate of drug-likeness (QED) is 0.834. The molecule has 0 aliphatic rings. The second-order valence-electron chi connectivity index (χ2n) is 5.07. The molecule has 0 bridgehead atoms. The van der Waals surface area contributed by atoms with Crippen LogP contribution in [0.1, 0.15) is 45.9 Å². The van der Waals surface area contributed by atoms with Crippen LogP contribution in [0.3, 0.4) is 0 Å². The molecule has 0 fully saturated rings. The van der Waals surface area contributed by atoms with Crippen molar-refractivity contribution in [1.29, 1.82) is 0 Å². The summed E-state index contributed by atoms with van der Waals surface area (Å²) in [6, 6.07) is 2.10. The number of hydrogen-bond acceptors (Lipinski definition) is 3. The van der Waals surface area contributed by atoms with E-state index < -0.39 is 22.0 Å². The van der Waals surface area contributed by atoms with Crippen LogP contribution < -0.4 is 0 Å². The van der Waals surface area contributed by atoms with Crippen molar-refractivity contribution in [3.63, 3.8) is 0 Å². The molecule has 0 saturated carbocycles. The summed E-state index contributed by atoms with van der Waals surface area (Å²) in [7, 11) is -1.45. The van der Waals surface area contributed by atoms with E-state index in [1.165, 1.54) is 0 Å². The van der Waals surface area contributed by atoms with Crippen molar-refractivity contribution >= 4 is 16.8 Å². The van der Waals surface area contributed by atoms with Crippen LogP contribution in [-0.2, 0) is 21.3 Å². The molecular formula is C13H22N2O3S. The molecule has 19 heavy (non-hydrogen) atoms. The fraction of sp³-hybridized carbons (Fsp3) is 0.692. The molecular weight excluding hydrogens is 264 g/mol. The second kappa shape index (κ2) is 6.84. The van der Waals surface area contributed by atoms with Crippen molar-refractivity contribution in [3.05, 3.63) is 18.0 Å². The normalized spacial score (nSPS) is 16.3. The van der Waals surface area contributed by atoms with Gasteiger partial charge in [0, 0.05) is 23.0 Å². The van der Waals surface area contributed by atoms with Crippen LogP contribution in [0.4, 0.5) is 0 Å².